The molecule has 0 aliphatic carbocycles. The van der Waals surface area contributed by atoms with Gasteiger partial charge in [0.2, 0.25) is 0 Å². The predicted molar refractivity (Wildman–Crippen MR) is 97.2 cm³/mol. The third kappa shape index (κ3) is 6.66. The summed E-state index contributed by atoms with van der Waals surface area (Å²) in [5.74, 6) is -0.142. The Kier molecular flexibility index (Phi) is 8.78. The number of ether oxygens (including phenoxy) is 2. The number of carbonyl (C=O) groups is 2. The van der Waals surface area contributed by atoms with Gasteiger partial charge in [0.15, 0.2) is 0 Å². The molecule has 0 bridgehead atoms. The van der Waals surface area contributed by atoms with Crippen LogP contribution in [0.5, 0.6) is 11.5 Å². The highest BCUT2D eigenvalue weighted by Gasteiger charge is 2.14. The summed E-state index contributed by atoms with van der Waals surface area (Å²) in [5, 5.41) is 5.14. The predicted octanol–water partition coefficient (Wildman–Crippen LogP) is 1.47. The number of amides is 2. The standard InChI is InChI=1S/C18H25N3O4/c1-5-6-14(19-2)9-10-20-17(22)18(23)21-12-13-7-8-15(24-3)11-16(13)25-4/h5-8,11H,9-10,12H2,1-4H3,(H,20,22)(H,21,23)/b6-5-,19-14+. The molecule has 0 spiro atoms. The molecular formula is C18H25N3O4. The van der Waals surface area contributed by atoms with E-state index in [4.69, 9.17) is 9.47 Å². The molecule has 0 heterocycles. The van der Waals surface area contributed by atoms with Gasteiger partial charge in [-0.3, -0.25) is 14.6 Å². The van der Waals surface area contributed by atoms with Crippen LogP contribution in [0.25, 0.3) is 0 Å². The van der Waals surface area contributed by atoms with Gasteiger partial charge in [0.25, 0.3) is 0 Å². The topological polar surface area (TPSA) is 89.0 Å². The van der Waals surface area contributed by atoms with Crippen LogP contribution in [0.1, 0.15) is 18.9 Å². The molecule has 0 unspecified atom stereocenters. The largest absolute Gasteiger partial charge is 0.497 e. The second-order valence-electron chi connectivity index (χ2n) is 5.08. The van der Waals surface area contributed by atoms with Crippen LogP contribution in [0.15, 0.2) is 35.3 Å². The average molecular weight is 347 g/mol. The first kappa shape index (κ1) is 20.2. The van der Waals surface area contributed by atoms with Gasteiger partial charge in [-0.25, -0.2) is 0 Å². The first-order valence-electron chi connectivity index (χ1n) is 7.91. The molecule has 25 heavy (non-hydrogen) atoms. The van der Waals surface area contributed by atoms with Gasteiger partial charge >= 0.3 is 11.8 Å². The molecule has 0 radical (unpaired) electrons. The summed E-state index contributed by atoms with van der Waals surface area (Å²) < 4.78 is 10.4. The van der Waals surface area contributed by atoms with Gasteiger partial charge in [0.1, 0.15) is 11.5 Å². The molecule has 1 rings (SSSR count). The van der Waals surface area contributed by atoms with Gasteiger partial charge in [-0.15, -0.1) is 0 Å². The van der Waals surface area contributed by atoms with Crippen LogP contribution in [0.4, 0.5) is 0 Å². The second kappa shape index (κ2) is 10.9. The third-order valence-electron chi connectivity index (χ3n) is 3.45. The van der Waals surface area contributed by atoms with E-state index in [9.17, 15) is 9.59 Å². The molecule has 1 aromatic rings. The quantitative estimate of drug-likeness (QED) is 0.550. The zero-order valence-corrected chi connectivity index (χ0v) is 15.1. The number of methoxy groups -OCH3 is 2. The van der Waals surface area contributed by atoms with E-state index in [1.165, 1.54) is 7.11 Å². The SMILES string of the molecule is C/C=C\C(CCNC(=O)C(=O)NCc1ccc(OC)cc1OC)=N/C. The van der Waals surface area contributed by atoms with Crippen LogP contribution < -0.4 is 20.1 Å². The Morgan fingerprint density at radius 2 is 1.88 bits per heavy atom. The summed E-state index contributed by atoms with van der Waals surface area (Å²) in [4.78, 5) is 27.8. The van der Waals surface area contributed by atoms with Crippen molar-refractivity contribution in [2.24, 2.45) is 4.99 Å². The van der Waals surface area contributed by atoms with E-state index >= 15 is 0 Å². The number of aliphatic imine (C=N–C) groups is 1. The summed E-state index contributed by atoms with van der Waals surface area (Å²) in [6.07, 6.45) is 4.30. The Balaban J connectivity index is 2.50. The van der Waals surface area contributed by atoms with E-state index in [1.54, 1.807) is 32.4 Å². The van der Waals surface area contributed by atoms with E-state index < -0.39 is 11.8 Å². The number of carbonyl (C=O) groups excluding carboxylic acids is 2. The Morgan fingerprint density at radius 3 is 2.48 bits per heavy atom. The van der Waals surface area contributed by atoms with Crippen molar-refractivity contribution in [2.75, 3.05) is 27.8 Å². The molecule has 7 nitrogen and oxygen atoms in total. The van der Waals surface area contributed by atoms with Crippen molar-refractivity contribution in [3.63, 3.8) is 0 Å². The van der Waals surface area contributed by atoms with Crippen molar-refractivity contribution in [3.8, 4) is 11.5 Å². The Labute approximate surface area is 148 Å². The molecule has 0 aliphatic rings. The lowest BCUT2D eigenvalue weighted by Gasteiger charge is -2.11. The number of allylic oxidation sites excluding steroid dienone is 2. The first-order valence-corrected chi connectivity index (χ1v) is 7.91. The van der Waals surface area contributed by atoms with Crippen molar-refractivity contribution < 1.29 is 19.1 Å². The lowest BCUT2D eigenvalue weighted by Crippen LogP contribution is -2.40. The molecule has 0 aromatic heterocycles. The summed E-state index contributed by atoms with van der Waals surface area (Å²) in [6.45, 7) is 2.42. The second-order valence-corrected chi connectivity index (χ2v) is 5.08. The molecule has 1 aromatic carbocycles. The van der Waals surface area contributed by atoms with Crippen LogP contribution in [-0.4, -0.2) is 45.3 Å². The minimum absolute atomic E-state index is 0.180. The lowest BCUT2D eigenvalue weighted by atomic mass is 10.2. The van der Waals surface area contributed by atoms with Gasteiger partial charge in [-0.05, 0) is 25.1 Å². The van der Waals surface area contributed by atoms with E-state index in [0.29, 0.717) is 24.5 Å². The number of benzene rings is 1. The number of hydrogen-bond acceptors (Lipinski definition) is 5. The van der Waals surface area contributed by atoms with Crippen LogP contribution >= 0.6 is 0 Å². The van der Waals surface area contributed by atoms with Crippen molar-refractivity contribution in [1.29, 1.82) is 0 Å². The van der Waals surface area contributed by atoms with Gasteiger partial charge in [-0.2, -0.15) is 0 Å². The van der Waals surface area contributed by atoms with E-state index in [1.807, 2.05) is 19.1 Å². The molecule has 0 saturated carbocycles. The number of nitrogens with zero attached hydrogens (tertiary/aromatic N) is 1. The summed E-state index contributed by atoms with van der Waals surface area (Å²) in [6, 6.07) is 5.25. The van der Waals surface area contributed by atoms with E-state index in [0.717, 1.165) is 11.3 Å². The monoisotopic (exact) mass is 347 g/mol. The Bertz CT molecular complexity index is 654. The number of hydrogen-bond donors (Lipinski definition) is 2. The fourth-order valence-corrected chi connectivity index (χ4v) is 2.10. The molecule has 7 heteroatoms. The molecular weight excluding hydrogens is 322 g/mol. The molecule has 2 N–H and O–H groups in total. The molecule has 2 amide bonds. The number of rotatable bonds is 8. The van der Waals surface area contributed by atoms with Crippen molar-refractivity contribution in [1.82, 2.24) is 10.6 Å². The van der Waals surface area contributed by atoms with Crippen LogP contribution in [0.2, 0.25) is 0 Å². The number of nitrogens with one attached hydrogen (secondary N) is 2. The zero-order chi connectivity index (χ0) is 18.7. The maximum atomic E-state index is 11.9. The molecule has 0 atom stereocenters. The first-order chi connectivity index (χ1) is 12.0. The van der Waals surface area contributed by atoms with Crippen molar-refractivity contribution in [2.45, 2.75) is 19.9 Å². The Hall–Kier alpha value is -2.83. The minimum atomic E-state index is -0.695. The fourth-order valence-electron chi connectivity index (χ4n) is 2.10. The summed E-state index contributed by atoms with van der Waals surface area (Å²) >= 11 is 0. The van der Waals surface area contributed by atoms with Gasteiger partial charge in [0.05, 0.1) is 14.2 Å². The van der Waals surface area contributed by atoms with Gasteiger partial charge in [-0.1, -0.05) is 6.08 Å². The Morgan fingerprint density at radius 1 is 1.16 bits per heavy atom. The molecule has 0 aliphatic heterocycles. The fraction of sp³-hybridized carbons (Fsp3) is 0.389. The maximum absolute atomic E-state index is 11.9. The van der Waals surface area contributed by atoms with E-state index in [-0.39, 0.29) is 6.54 Å². The van der Waals surface area contributed by atoms with Crippen LogP contribution in [-0.2, 0) is 16.1 Å². The zero-order valence-electron chi connectivity index (χ0n) is 15.1. The minimum Gasteiger partial charge on any atom is -0.497 e. The maximum Gasteiger partial charge on any atom is 0.309 e. The average Bonchev–Trinajstić information content (AvgIpc) is 2.64. The lowest BCUT2D eigenvalue weighted by molar-refractivity contribution is -0.139. The van der Waals surface area contributed by atoms with Gasteiger partial charge < -0.3 is 20.1 Å². The smallest absolute Gasteiger partial charge is 0.309 e. The summed E-state index contributed by atoms with van der Waals surface area (Å²) in [5.41, 5.74) is 1.60. The van der Waals surface area contributed by atoms with Crippen molar-refractivity contribution in [3.05, 3.63) is 35.9 Å². The highest BCUT2D eigenvalue weighted by Crippen LogP contribution is 2.24. The summed E-state index contributed by atoms with van der Waals surface area (Å²) in [7, 11) is 4.78. The molecule has 136 valence electrons. The van der Waals surface area contributed by atoms with Crippen LogP contribution in [0.3, 0.4) is 0 Å². The highest BCUT2D eigenvalue weighted by molar-refractivity contribution is 6.35. The normalized spacial score (nSPS) is 11.3. The van der Waals surface area contributed by atoms with Crippen LogP contribution in [0, 0.1) is 0 Å². The van der Waals surface area contributed by atoms with Gasteiger partial charge in [0, 0.05) is 43.9 Å². The third-order valence-corrected chi connectivity index (χ3v) is 3.45. The van der Waals surface area contributed by atoms with Crippen molar-refractivity contribution >= 4 is 17.5 Å². The van der Waals surface area contributed by atoms with E-state index in [2.05, 4.69) is 15.6 Å². The molecule has 0 saturated heterocycles. The highest BCUT2D eigenvalue weighted by atomic mass is 16.5. The molecule has 0 fully saturated rings.